The monoisotopic (exact) mass is 976 g/mol. The van der Waals surface area contributed by atoms with E-state index in [9.17, 15) is 0 Å². The lowest BCUT2D eigenvalue weighted by Crippen LogP contribution is -2.50. The Morgan fingerprint density at radius 2 is 0.725 bits per heavy atom. The van der Waals surface area contributed by atoms with Gasteiger partial charge in [-0.1, -0.05) is 26.5 Å². The summed E-state index contributed by atoms with van der Waals surface area (Å²) in [5.74, 6) is 2.23. The van der Waals surface area contributed by atoms with Crippen molar-refractivity contribution in [1.29, 1.82) is 0 Å². The van der Waals surface area contributed by atoms with E-state index >= 15 is 0 Å². The van der Waals surface area contributed by atoms with E-state index in [0.29, 0.717) is 57.0 Å². The van der Waals surface area contributed by atoms with Crippen molar-refractivity contribution in [2.45, 2.75) is 254 Å². The van der Waals surface area contributed by atoms with Crippen LogP contribution >= 0.6 is 0 Å². The molecule has 0 amide bonds. The number of nitrogens with two attached hydrogens (primary N) is 2. The smallest absolute Gasteiger partial charge is 0.0912 e. The molecule has 0 saturated carbocycles. The molecule has 0 aromatic rings. The molecule has 5 saturated heterocycles. The standard InChI is InChI=1S/C12H25N3.C11H23N3.C10H22N2.C10H21N.C9H19N.C6H15N/c1-10(13)14(5)11-6-8-15(9-7-11)12(2,3)4;1-9(12)13-10-5-7-14(8-6-10)11(2,3)4;1-10(2,3)12-7-5-9(11-4)6-8-12;1-9-5-7-11(8-6-9)10(2,3)4;1-9(2,3)10-7-5-4-6-8-10;1-6(2,3)7(4)5/h11H,1,6-9,13H2,2-5H3;10,13H,1,5-8,12H2,2-4H3;9,11H,5-8H2,1-4H3;9H,5-8H2,1-4H3;4-8H2,1-3H3;1-5H3. The number of likely N-dealkylation sites (tertiary alicyclic amines) is 5. The van der Waals surface area contributed by atoms with Crippen molar-refractivity contribution >= 4 is 0 Å². The minimum Gasteiger partial charge on any atom is -0.386 e. The van der Waals surface area contributed by atoms with Crippen molar-refractivity contribution in [3.8, 4) is 0 Å². The van der Waals surface area contributed by atoms with Crippen LogP contribution in [0.4, 0.5) is 0 Å². The molecule has 5 aliphatic heterocycles. The average molecular weight is 977 g/mol. The Kier molecular flexibility index (Phi) is 29.9. The quantitative estimate of drug-likeness (QED) is 0.212. The number of hydrogen-bond acceptors (Lipinski definition) is 11. The van der Waals surface area contributed by atoms with Crippen LogP contribution in [-0.2, 0) is 0 Å². The summed E-state index contributed by atoms with van der Waals surface area (Å²) in [5.41, 5.74) is 13.3. The van der Waals surface area contributed by atoms with E-state index in [2.05, 4.69) is 211 Å². The van der Waals surface area contributed by atoms with E-state index in [1.54, 1.807) is 0 Å². The molecule has 11 heteroatoms. The highest BCUT2D eigenvalue weighted by molar-refractivity contribution is 4.94. The predicted molar refractivity (Wildman–Crippen MR) is 308 cm³/mol. The first-order chi connectivity index (χ1) is 31.3. The summed E-state index contributed by atoms with van der Waals surface area (Å²) in [6, 6.07) is 1.84. The lowest BCUT2D eigenvalue weighted by Gasteiger charge is -2.43. The van der Waals surface area contributed by atoms with Crippen LogP contribution in [0.2, 0.25) is 0 Å². The van der Waals surface area contributed by atoms with Gasteiger partial charge in [0.1, 0.15) is 0 Å². The van der Waals surface area contributed by atoms with E-state index < -0.39 is 0 Å². The SMILES string of the molecule is C=C(N)N(C)C1CCN(C(C)(C)C)CC1.C=C(N)NC1CCN(C(C)(C)C)CC1.CC(C)(C)N1CCCCC1.CC1CCN(C(C)(C)C)CC1.CN(C)C(C)(C)C.CNC1CCN(C(C)(C)C)CC1. The van der Waals surface area contributed by atoms with Crippen LogP contribution in [0.3, 0.4) is 0 Å². The molecular weight excluding hydrogens is 851 g/mol. The summed E-state index contributed by atoms with van der Waals surface area (Å²) >= 11 is 0. The number of nitrogens with one attached hydrogen (secondary N) is 2. The van der Waals surface area contributed by atoms with E-state index in [-0.39, 0.29) is 0 Å². The normalized spacial score (nSPS) is 21.1. The molecule has 5 aliphatic rings. The summed E-state index contributed by atoms with van der Waals surface area (Å²) < 4.78 is 0. The average Bonchev–Trinajstić information content (AvgIpc) is 3.23. The molecule has 0 spiro atoms. The zero-order valence-electron chi connectivity index (χ0n) is 50.9. The van der Waals surface area contributed by atoms with E-state index in [1.165, 1.54) is 97.1 Å². The Balaban J connectivity index is 0.000000815. The first kappa shape index (κ1) is 67.4. The minimum absolute atomic E-state index is 0.295. The summed E-state index contributed by atoms with van der Waals surface area (Å²) in [7, 11) is 8.27. The van der Waals surface area contributed by atoms with Gasteiger partial charge in [-0.25, -0.2) is 0 Å². The summed E-state index contributed by atoms with van der Waals surface area (Å²) in [6.45, 7) is 63.1. The molecule has 69 heavy (non-hydrogen) atoms. The summed E-state index contributed by atoms with van der Waals surface area (Å²) in [4.78, 5) is 17.1. The van der Waals surface area contributed by atoms with Gasteiger partial charge in [-0.3, -0.25) is 24.5 Å². The number of hydrogen-bond donors (Lipinski definition) is 4. The van der Waals surface area contributed by atoms with Crippen LogP contribution in [0, 0.1) is 5.92 Å². The first-order valence-corrected chi connectivity index (χ1v) is 27.8. The Morgan fingerprint density at radius 1 is 0.449 bits per heavy atom. The second-order valence-corrected chi connectivity index (χ2v) is 27.4. The van der Waals surface area contributed by atoms with Crippen molar-refractivity contribution in [2.24, 2.45) is 17.4 Å². The van der Waals surface area contributed by atoms with Gasteiger partial charge in [0.05, 0.1) is 11.6 Å². The fourth-order valence-electron chi connectivity index (χ4n) is 9.20. The fourth-order valence-corrected chi connectivity index (χ4v) is 9.20. The highest BCUT2D eigenvalue weighted by atomic mass is 15.3. The van der Waals surface area contributed by atoms with Crippen molar-refractivity contribution in [2.75, 3.05) is 93.6 Å². The number of piperidine rings is 5. The van der Waals surface area contributed by atoms with Gasteiger partial charge < -0.3 is 31.9 Å². The van der Waals surface area contributed by atoms with Crippen molar-refractivity contribution in [3.63, 3.8) is 0 Å². The molecular formula is C58H125N11. The molecule has 412 valence electrons. The van der Waals surface area contributed by atoms with Crippen LogP contribution in [0.25, 0.3) is 0 Å². The molecule has 5 fully saturated rings. The lowest BCUT2D eigenvalue weighted by molar-refractivity contribution is 0.0745. The molecule has 6 N–H and O–H groups in total. The third-order valence-electron chi connectivity index (χ3n) is 15.5. The Labute approximate surface area is 432 Å². The Bertz CT molecular complexity index is 1330. The molecule has 0 bridgehead atoms. The molecule has 0 aromatic carbocycles. The zero-order chi connectivity index (χ0) is 53.8. The van der Waals surface area contributed by atoms with Crippen LogP contribution in [0.15, 0.2) is 24.8 Å². The van der Waals surface area contributed by atoms with Gasteiger partial charge >= 0.3 is 0 Å². The maximum atomic E-state index is 5.71. The van der Waals surface area contributed by atoms with Gasteiger partial charge in [0.25, 0.3) is 0 Å². The largest absolute Gasteiger partial charge is 0.386 e. The number of rotatable bonds is 5. The maximum Gasteiger partial charge on any atom is 0.0912 e. The Hall–Kier alpha value is -1.60. The summed E-state index contributed by atoms with van der Waals surface area (Å²) in [6.07, 6.45) is 14.3. The molecule has 0 unspecified atom stereocenters. The van der Waals surface area contributed by atoms with Gasteiger partial charge in [-0.15, -0.1) is 0 Å². The van der Waals surface area contributed by atoms with Crippen LogP contribution in [0.1, 0.15) is 202 Å². The molecule has 5 heterocycles. The van der Waals surface area contributed by atoms with Crippen molar-refractivity contribution < 1.29 is 0 Å². The topological polar surface area (TPSA) is 98.8 Å². The minimum atomic E-state index is 0.295. The van der Waals surface area contributed by atoms with Crippen LogP contribution < -0.4 is 22.1 Å². The van der Waals surface area contributed by atoms with Gasteiger partial charge in [0.2, 0.25) is 0 Å². The van der Waals surface area contributed by atoms with Gasteiger partial charge in [-0.05, 0) is 242 Å². The molecule has 0 aliphatic carbocycles. The third-order valence-corrected chi connectivity index (χ3v) is 15.5. The second kappa shape index (κ2) is 30.6. The third kappa shape index (κ3) is 29.6. The van der Waals surface area contributed by atoms with Gasteiger partial charge in [0, 0.05) is 97.7 Å². The lowest BCUT2D eigenvalue weighted by atomic mass is 9.95. The molecule has 5 rings (SSSR count). The van der Waals surface area contributed by atoms with Gasteiger partial charge in [0.15, 0.2) is 0 Å². The van der Waals surface area contributed by atoms with Crippen LogP contribution in [0.5, 0.6) is 0 Å². The molecule has 11 nitrogen and oxygen atoms in total. The fraction of sp³-hybridized carbons (Fsp3) is 0.931. The Morgan fingerprint density at radius 3 is 0.971 bits per heavy atom. The van der Waals surface area contributed by atoms with E-state index in [0.717, 1.165) is 51.0 Å². The van der Waals surface area contributed by atoms with Gasteiger partial charge in [-0.2, -0.15) is 0 Å². The summed E-state index contributed by atoms with van der Waals surface area (Å²) in [5, 5.41) is 6.56. The molecule has 0 radical (unpaired) electrons. The second-order valence-electron chi connectivity index (χ2n) is 27.4. The van der Waals surface area contributed by atoms with E-state index in [4.69, 9.17) is 11.5 Å². The van der Waals surface area contributed by atoms with Crippen LogP contribution in [-0.4, -0.2) is 179 Å². The highest BCUT2D eigenvalue weighted by Gasteiger charge is 2.30. The van der Waals surface area contributed by atoms with E-state index in [1.807, 2.05) is 7.05 Å². The predicted octanol–water partition coefficient (Wildman–Crippen LogP) is 10.5. The first-order valence-electron chi connectivity index (χ1n) is 27.8. The molecule has 0 aromatic heterocycles. The van der Waals surface area contributed by atoms with Crippen molar-refractivity contribution in [3.05, 3.63) is 24.8 Å². The number of nitrogens with zero attached hydrogens (tertiary/aromatic N) is 7. The maximum absolute atomic E-state index is 5.71. The zero-order valence-corrected chi connectivity index (χ0v) is 50.9. The highest BCUT2D eigenvalue weighted by Crippen LogP contribution is 2.25. The molecule has 0 atom stereocenters. The van der Waals surface area contributed by atoms with Crippen molar-refractivity contribution in [1.82, 2.24) is 44.9 Å².